The van der Waals surface area contributed by atoms with Crippen LogP contribution in [-0.4, -0.2) is 20.4 Å². The summed E-state index contributed by atoms with van der Waals surface area (Å²) in [7, 11) is -1.78. The molecule has 2 rings (SSSR count). The summed E-state index contributed by atoms with van der Waals surface area (Å²) >= 11 is 3.39. The Balaban J connectivity index is 2.28. The van der Waals surface area contributed by atoms with E-state index in [-0.39, 0.29) is 4.90 Å². The van der Waals surface area contributed by atoms with Gasteiger partial charge in [0.05, 0.1) is 5.69 Å². The van der Waals surface area contributed by atoms with Gasteiger partial charge < -0.3 is 10.3 Å². The van der Waals surface area contributed by atoms with Gasteiger partial charge in [-0.25, -0.2) is 8.42 Å². The molecule has 0 aliphatic rings. The molecule has 0 aliphatic heterocycles. The number of sulfonamides is 1. The molecular formula is C13H16BrN3O2S. The molecule has 0 radical (unpaired) electrons. The molecule has 0 atom stereocenters. The molecule has 1 aromatic carbocycles. The number of halogens is 1. The number of anilines is 1. The van der Waals surface area contributed by atoms with Crippen LogP contribution in [0.25, 0.3) is 0 Å². The summed E-state index contributed by atoms with van der Waals surface area (Å²) in [5, 5.41) is 2.96. The lowest BCUT2D eigenvalue weighted by Gasteiger charge is -2.10. The molecule has 0 aliphatic carbocycles. The van der Waals surface area contributed by atoms with Crippen molar-refractivity contribution in [3.8, 4) is 0 Å². The van der Waals surface area contributed by atoms with Gasteiger partial charge in [-0.3, -0.25) is 4.72 Å². The fourth-order valence-corrected chi connectivity index (χ4v) is 3.29. The Morgan fingerprint density at radius 1 is 1.35 bits per heavy atom. The quantitative estimate of drug-likeness (QED) is 0.769. The third-order valence-corrected chi connectivity index (χ3v) is 5.11. The first kappa shape index (κ1) is 15.1. The first-order valence-corrected chi connectivity index (χ1v) is 8.31. The van der Waals surface area contributed by atoms with Crippen LogP contribution in [0.3, 0.4) is 0 Å². The van der Waals surface area contributed by atoms with Crippen molar-refractivity contribution in [3.05, 3.63) is 46.2 Å². The number of benzene rings is 1. The zero-order valence-electron chi connectivity index (χ0n) is 11.2. The van der Waals surface area contributed by atoms with Gasteiger partial charge in [-0.1, -0.05) is 22.0 Å². The van der Waals surface area contributed by atoms with E-state index in [1.165, 1.54) is 6.20 Å². The standard InChI is InChI=1S/C13H16BrN3O2S/c1-9-12(14)4-3-5-13(9)17-20(18,19)11-6-10(7-15-2)16-8-11/h3-6,8,15-17H,7H2,1-2H3. The van der Waals surface area contributed by atoms with Crippen LogP contribution in [0.5, 0.6) is 0 Å². The van der Waals surface area contributed by atoms with Gasteiger partial charge in [0.25, 0.3) is 10.0 Å². The second-order valence-electron chi connectivity index (χ2n) is 4.41. The Labute approximate surface area is 127 Å². The van der Waals surface area contributed by atoms with Gasteiger partial charge in [-0.2, -0.15) is 0 Å². The number of hydrogen-bond donors (Lipinski definition) is 3. The lowest BCUT2D eigenvalue weighted by Crippen LogP contribution is -2.13. The lowest BCUT2D eigenvalue weighted by molar-refractivity contribution is 0.601. The molecule has 5 nitrogen and oxygen atoms in total. The minimum atomic E-state index is -3.58. The maximum atomic E-state index is 12.3. The van der Waals surface area contributed by atoms with E-state index in [0.29, 0.717) is 12.2 Å². The molecule has 108 valence electrons. The second-order valence-corrected chi connectivity index (χ2v) is 6.95. The van der Waals surface area contributed by atoms with Gasteiger partial charge in [0, 0.05) is 22.9 Å². The second kappa shape index (κ2) is 5.99. The van der Waals surface area contributed by atoms with Crippen LogP contribution < -0.4 is 10.0 Å². The molecule has 1 aromatic heterocycles. The van der Waals surface area contributed by atoms with Crippen LogP contribution in [0.15, 0.2) is 39.8 Å². The van der Waals surface area contributed by atoms with E-state index in [9.17, 15) is 8.42 Å². The van der Waals surface area contributed by atoms with Crippen molar-refractivity contribution in [1.82, 2.24) is 10.3 Å². The van der Waals surface area contributed by atoms with Crippen molar-refractivity contribution in [3.63, 3.8) is 0 Å². The first-order valence-electron chi connectivity index (χ1n) is 6.04. The summed E-state index contributed by atoms with van der Waals surface area (Å²) in [6, 6.07) is 7.01. The predicted molar refractivity (Wildman–Crippen MR) is 83.2 cm³/mol. The summed E-state index contributed by atoms with van der Waals surface area (Å²) < 4.78 is 28.1. The number of aromatic nitrogens is 1. The van der Waals surface area contributed by atoms with Crippen LogP contribution in [0.2, 0.25) is 0 Å². The molecule has 3 N–H and O–H groups in total. The molecule has 20 heavy (non-hydrogen) atoms. The van der Waals surface area contributed by atoms with Gasteiger partial charge in [-0.05, 0) is 37.7 Å². The fraction of sp³-hybridized carbons (Fsp3) is 0.231. The van der Waals surface area contributed by atoms with Crippen molar-refractivity contribution in [1.29, 1.82) is 0 Å². The van der Waals surface area contributed by atoms with Crippen molar-refractivity contribution in [2.45, 2.75) is 18.4 Å². The molecule has 0 unspecified atom stereocenters. The summed E-state index contributed by atoms with van der Waals surface area (Å²) in [6.07, 6.45) is 1.49. The third kappa shape index (κ3) is 3.23. The number of hydrogen-bond acceptors (Lipinski definition) is 3. The Morgan fingerprint density at radius 2 is 2.10 bits per heavy atom. The molecule has 0 saturated carbocycles. The van der Waals surface area contributed by atoms with Crippen molar-refractivity contribution < 1.29 is 8.42 Å². The average molecular weight is 358 g/mol. The summed E-state index contributed by atoms with van der Waals surface area (Å²) in [6.45, 7) is 2.44. The molecule has 7 heteroatoms. The molecule has 0 amide bonds. The highest BCUT2D eigenvalue weighted by Gasteiger charge is 2.17. The molecule has 0 saturated heterocycles. The fourth-order valence-electron chi connectivity index (χ4n) is 1.79. The van der Waals surface area contributed by atoms with Crippen molar-refractivity contribution in [2.75, 3.05) is 11.8 Å². The highest BCUT2D eigenvalue weighted by atomic mass is 79.9. The number of aromatic amines is 1. The Hall–Kier alpha value is -1.31. The Kier molecular flexibility index (Phi) is 4.52. The van der Waals surface area contributed by atoms with Crippen LogP contribution in [0.1, 0.15) is 11.3 Å². The van der Waals surface area contributed by atoms with Crippen LogP contribution in [0, 0.1) is 6.92 Å². The topological polar surface area (TPSA) is 74.0 Å². The maximum Gasteiger partial charge on any atom is 0.263 e. The summed E-state index contributed by atoms with van der Waals surface area (Å²) in [5.74, 6) is 0. The van der Waals surface area contributed by atoms with Crippen molar-refractivity contribution >= 4 is 31.6 Å². The first-order chi connectivity index (χ1) is 9.44. The lowest BCUT2D eigenvalue weighted by atomic mass is 10.2. The predicted octanol–water partition coefficient (Wildman–Crippen LogP) is 2.61. The summed E-state index contributed by atoms with van der Waals surface area (Å²) in [4.78, 5) is 3.16. The van der Waals surface area contributed by atoms with Crippen LogP contribution in [-0.2, 0) is 16.6 Å². The molecule has 0 fully saturated rings. The number of nitrogens with one attached hydrogen (secondary N) is 3. The average Bonchev–Trinajstić information content (AvgIpc) is 2.85. The van der Waals surface area contributed by atoms with Crippen LogP contribution >= 0.6 is 15.9 Å². The van der Waals surface area contributed by atoms with E-state index in [1.807, 2.05) is 13.0 Å². The summed E-state index contributed by atoms with van der Waals surface area (Å²) in [5.41, 5.74) is 2.23. The smallest absolute Gasteiger partial charge is 0.263 e. The zero-order valence-corrected chi connectivity index (χ0v) is 13.6. The molecular weight excluding hydrogens is 342 g/mol. The zero-order chi connectivity index (χ0) is 14.8. The minimum absolute atomic E-state index is 0.224. The van der Waals surface area contributed by atoms with E-state index in [2.05, 4.69) is 31.0 Å². The Bertz CT molecular complexity index is 710. The van der Waals surface area contributed by atoms with E-state index in [1.54, 1.807) is 25.2 Å². The van der Waals surface area contributed by atoms with E-state index < -0.39 is 10.0 Å². The SMILES string of the molecule is CNCc1cc(S(=O)(=O)Nc2cccc(Br)c2C)c[nH]1. The van der Waals surface area contributed by atoms with Crippen molar-refractivity contribution in [2.24, 2.45) is 0 Å². The monoisotopic (exact) mass is 357 g/mol. The maximum absolute atomic E-state index is 12.3. The van der Waals surface area contributed by atoms with Crippen LogP contribution in [0.4, 0.5) is 5.69 Å². The highest BCUT2D eigenvalue weighted by molar-refractivity contribution is 9.10. The number of H-pyrrole nitrogens is 1. The molecule has 0 bridgehead atoms. The molecule has 0 spiro atoms. The van der Waals surface area contributed by atoms with E-state index in [0.717, 1.165) is 15.7 Å². The van der Waals surface area contributed by atoms with Gasteiger partial charge in [-0.15, -0.1) is 0 Å². The van der Waals surface area contributed by atoms with Gasteiger partial charge >= 0.3 is 0 Å². The van der Waals surface area contributed by atoms with Gasteiger partial charge in [0.2, 0.25) is 0 Å². The molecule has 1 heterocycles. The molecule has 2 aromatic rings. The minimum Gasteiger partial charge on any atom is -0.363 e. The van der Waals surface area contributed by atoms with E-state index in [4.69, 9.17) is 0 Å². The highest BCUT2D eigenvalue weighted by Crippen LogP contribution is 2.25. The van der Waals surface area contributed by atoms with E-state index >= 15 is 0 Å². The number of rotatable bonds is 5. The Morgan fingerprint density at radius 3 is 2.80 bits per heavy atom. The van der Waals surface area contributed by atoms with Gasteiger partial charge in [0.15, 0.2) is 0 Å². The van der Waals surface area contributed by atoms with Gasteiger partial charge in [0.1, 0.15) is 4.90 Å². The third-order valence-electron chi connectivity index (χ3n) is 2.91. The normalized spacial score (nSPS) is 11.6. The largest absolute Gasteiger partial charge is 0.363 e.